The maximum atomic E-state index is 13.5. The Morgan fingerprint density at radius 2 is 1.81 bits per heavy atom. The monoisotopic (exact) mass is 534 g/mol. The van der Waals surface area contributed by atoms with E-state index in [4.69, 9.17) is 16.7 Å². The van der Waals surface area contributed by atoms with Crippen molar-refractivity contribution in [2.24, 2.45) is 10.1 Å². The van der Waals surface area contributed by atoms with Crippen molar-refractivity contribution in [3.8, 4) is 0 Å². The van der Waals surface area contributed by atoms with Crippen LogP contribution in [0.5, 0.6) is 0 Å². The Bertz CT molecular complexity index is 1420. The third kappa shape index (κ3) is 5.60. The summed E-state index contributed by atoms with van der Waals surface area (Å²) in [6, 6.07) is 19.1. The van der Waals surface area contributed by atoms with E-state index in [1.807, 2.05) is 44.2 Å². The lowest BCUT2D eigenvalue weighted by atomic mass is 9.99. The third-order valence-electron chi connectivity index (χ3n) is 6.43. The Hall–Kier alpha value is -3.49. The van der Waals surface area contributed by atoms with Gasteiger partial charge in [-0.3, -0.25) is 9.59 Å². The van der Waals surface area contributed by atoms with Crippen molar-refractivity contribution in [1.82, 2.24) is 5.01 Å². The van der Waals surface area contributed by atoms with E-state index in [1.165, 1.54) is 23.9 Å². The minimum atomic E-state index is -0.641. The highest BCUT2D eigenvalue weighted by Crippen LogP contribution is 2.39. The Kier molecular flexibility index (Phi) is 7.13. The van der Waals surface area contributed by atoms with Gasteiger partial charge < -0.3 is 5.32 Å². The van der Waals surface area contributed by atoms with Gasteiger partial charge in [-0.25, -0.2) is 9.40 Å². The summed E-state index contributed by atoms with van der Waals surface area (Å²) in [4.78, 5) is 29.8. The minimum absolute atomic E-state index is 0.00257. The van der Waals surface area contributed by atoms with Crippen LogP contribution in [0.2, 0.25) is 5.02 Å². The van der Waals surface area contributed by atoms with Crippen LogP contribution in [0, 0.1) is 19.7 Å². The topological polar surface area (TPSA) is 74.1 Å². The van der Waals surface area contributed by atoms with Crippen molar-refractivity contribution in [3.63, 3.8) is 0 Å². The number of carbonyl (C=O) groups is 2. The molecular weight excluding hydrogens is 511 g/mol. The van der Waals surface area contributed by atoms with Gasteiger partial charge in [0.1, 0.15) is 11.1 Å². The van der Waals surface area contributed by atoms with Crippen molar-refractivity contribution in [3.05, 3.63) is 99.8 Å². The van der Waals surface area contributed by atoms with Gasteiger partial charge in [-0.05, 0) is 72.5 Å². The molecule has 0 aliphatic carbocycles. The van der Waals surface area contributed by atoms with Crippen molar-refractivity contribution in [2.75, 3.05) is 5.32 Å². The van der Waals surface area contributed by atoms with Crippen LogP contribution >= 0.6 is 23.4 Å². The zero-order valence-corrected chi connectivity index (χ0v) is 21.8. The number of carbonyl (C=O) groups excluding carboxylic acids is 2. The standard InChI is InChI=1S/C28H24ClFN4O2S/c1-16-3-12-22(13-17(16)2)31-26(35)15-25-27(36)32-28(37-25)34-24(19-4-8-20(29)9-5-19)14-23(33-34)18-6-10-21(30)11-7-18/h3-13,24-25H,14-15H2,1-2H3,(H,31,35). The maximum Gasteiger partial charge on any atom is 0.262 e. The largest absolute Gasteiger partial charge is 0.326 e. The number of nitrogens with one attached hydrogen (secondary N) is 1. The summed E-state index contributed by atoms with van der Waals surface area (Å²) in [6.45, 7) is 3.99. The van der Waals surface area contributed by atoms with Gasteiger partial charge in [-0.15, -0.1) is 0 Å². The van der Waals surface area contributed by atoms with Gasteiger partial charge in [0, 0.05) is 23.6 Å². The first-order valence-corrected chi connectivity index (χ1v) is 13.1. The van der Waals surface area contributed by atoms with Crippen molar-refractivity contribution < 1.29 is 14.0 Å². The van der Waals surface area contributed by atoms with Crippen molar-refractivity contribution in [1.29, 1.82) is 0 Å². The van der Waals surface area contributed by atoms with Crippen LogP contribution in [0.1, 0.15) is 41.1 Å². The highest BCUT2D eigenvalue weighted by atomic mass is 35.5. The van der Waals surface area contributed by atoms with Crippen LogP contribution in [-0.2, 0) is 9.59 Å². The van der Waals surface area contributed by atoms with E-state index in [-0.39, 0.29) is 30.1 Å². The Morgan fingerprint density at radius 3 is 2.51 bits per heavy atom. The molecule has 0 bridgehead atoms. The van der Waals surface area contributed by atoms with Crippen LogP contribution in [0.25, 0.3) is 0 Å². The second-order valence-electron chi connectivity index (χ2n) is 9.06. The highest BCUT2D eigenvalue weighted by molar-refractivity contribution is 8.15. The van der Waals surface area contributed by atoms with Crippen LogP contribution < -0.4 is 5.32 Å². The lowest BCUT2D eigenvalue weighted by Gasteiger charge is -2.23. The molecule has 2 atom stereocenters. The number of aryl methyl sites for hydroxylation is 2. The average Bonchev–Trinajstić information content (AvgIpc) is 3.46. The molecule has 188 valence electrons. The van der Waals surface area contributed by atoms with E-state index < -0.39 is 5.25 Å². The smallest absolute Gasteiger partial charge is 0.262 e. The van der Waals surface area contributed by atoms with E-state index in [0.29, 0.717) is 22.3 Å². The van der Waals surface area contributed by atoms with Gasteiger partial charge in [0.2, 0.25) is 5.91 Å². The number of benzene rings is 3. The van der Waals surface area contributed by atoms with Crippen molar-refractivity contribution >= 4 is 51.7 Å². The Balaban J connectivity index is 1.34. The zero-order valence-electron chi connectivity index (χ0n) is 20.2. The first kappa shape index (κ1) is 25.2. The molecule has 2 amide bonds. The summed E-state index contributed by atoms with van der Waals surface area (Å²) in [5.74, 6) is -0.941. The number of hydrazone groups is 1. The zero-order chi connectivity index (χ0) is 26.1. The van der Waals surface area contributed by atoms with Gasteiger partial charge in [0.25, 0.3) is 5.91 Å². The fourth-order valence-electron chi connectivity index (χ4n) is 4.25. The molecule has 0 fully saturated rings. The van der Waals surface area contributed by atoms with Gasteiger partial charge in [0.15, 0.2) is 5.17 Å². The lowest BCUT2D eigenvalue weighted by molar-refractivity contribution is -0.121. The number of rotatable bonds is 5. The van der Waals surface area contributed by atoms with Crippen LogP contribution in [0.3, 0.4) is 0 Å². The van der Waals surface area contributed by atoms with E-state index in [2.05, 4.69) is 10.3 Å². The molecule has 1 N–H and O–H groups in total. The molecule has 9 heteroatoms. The summed E-state index contributed by atoms with van der Waals surface area (Å²) in [7, 11) is 0. The predicted molar refractivity (Wildman–Crippen MR) is 147 cm³/mol. The summed E-state index contributed by atoms with van der Waals surface area (Å²) in [5.41, 5.74) is 5.41. The number of anilines is 1. The van der Waals surface area contributed by atoms with Crippen molar-refractivity contribution in [2.45, 2.75) is 38.0 Å². The van der Waals surface area contributed by atoms with E-state index in [9.17, 15) is 14.0 Å². The minimum Gasteiger partial charge on any atom is -0.326 e. The number of amides is 2. The summed E-state index contributed by atoms with van der Waals surface area (Å²) in [5, 5.41) is 9.79. The summed E-state index contributed by atoms with van der Waals surface area (Å²) in [6.07, 6.45) is 0.538. The van der Waals surface area contributed by atoms with Gasteiger partial charge >= 0.3 is 0 Å². The first-order chi connectivity index (χ1) is 17.8. The lowest BCUT2D eigenvalue weighted by Crippen LogP contribution is -2.25. The SMILES string of the molecule is Cc1ccc(NC(=O)CC2SC(N3N=C(c4ccc(F)cc4)CC3c3ccc(Cl)cc3)=NC2=O)cc1C. The number of aliphatic imine (C=N–C) groups is 1. The van der Waals surface area contributed by atoms with Crippen LogP contribution in [0.4, 0.5) is 10.1 Å². The number of thioether (sulfide) groups is 1. The fourth-order valence-corrected chi connectivity index (χ4v) is 5.44. The molecule has 2 unspecified atom stereocenters. The van der Waals surface area contributed by atoms with E-state index >= 15 is 0 Å². The summed E-state index contributed by atoms with van der Waals surface area (Å²) < 4.78 is 13.5. The molecule has 3 aromatic carbocycles. The predicted octanol–water partition coefficient (Wildman–Crippen LogP) is 6.27. The van der Waals surface area contributed by atoms with E-state index in [0.717, 1.165) is 28.0 Å². The Morgan fingerprint density at radius 1 is 1.08 bits per heavy atom. The summed E-state index contributed by atoms with van der Waals surface area (Å²) >= 11 is 7.33. The molecular formula is C28H24ClFN4O2S. The molecule has 5 rings (SSSR count). The fraction of sp³-hybridized carbons (Fsp3) is 0.214. The molecule has 3 aromatic rings. The molecule has 2 aliphatic rings. The molecule has 0 saturated carbocycles. The second-order valence-corrected chi connectivity index (χ2v) is 10.7. The third-order valence-corrected chi connectivity index (χ3v) is 7.82. The molecule has 2 aliphatic heterocycles. The number of amidine groups is 1. The van der Waals surface area contributed by atoms with Gasteiger partial charge in [-0.1, -0.05) is 53.7 Å². The van der Waals surface area contributed by atoms with Gasteiger partial charge in [-0.2, -0.15) is 10.1 Å². The van der Waals surface area contributed by atoms with Crippen LogP contribution in [0.15, 0.2) is 76.8 Å². The van der Waals surface area contributed by atoms with Gasteiger partial charge in [0.05, 0.1) is 11.8 Å². The molecule has 0 spiro atoms. The second kappa shape index (κ2) is 10.5. The number of hydrogen-bond acceptors (Lipinski definition) is 5. The number of hydrogen-bond donors (Lipinski definition) is 1. The molecule has 0 aromatic heterocycles. The molecule has 2 heterocycles. The molecule has 0 saturated heterocycles. The molecule has 0 radical (unpaired) electrons. The quantitative estimate of drug-likeness (QED) is 0.418. The molecule has 37 heavy (non-hydrogen) atoms. The number of halogens is 2. The first-order valence-electron chi connectivity index (χ1n) is 11.8. The average molecular weight is 535 g/mol. The highest BCUT2D eigenvalue weighted by Gasteiger charge is 2.39. The van der Waals surface area contributed by atoms with Crippen LogP contribution in [-0.4, -0.2) is 33.0 Å². The normalized spacial score (nSPS) is 19.1. The van der Waals surface area contributed by atoms with E-state index in [1.54, 1.807) is 29.3 Å². The maximum absolute atomic E-state index is 13.5. The Labute approximate surface area is 223 Å². The number of nitrogens with zero attached hydrogens (tertiary/aromatic N) is 3. The molecule has 6 nitrogen and oxygen atoms in total.